The van der Waals surface area contributed by atoms with Crippen LogP contribution in [0.4, 0.5) is 0 Å². The van der Waals surface area contributed by atoms with Crippen molar-refractivity contribution >= 4 is 0 Å². The van der Waals surface area contributed by atoms with Crippen LogP contribution in [0.2, 0.25) is 0 Å². The summed E-state index contributed by atoms with van der Waals surface area (Å²) in [4.78, 5) is 6.99. The molecule has 0 unspecified atom stereocenters. The van der Waals surface area contributed by atoms with Gasteiger partial charge in [0.15, 0.2) is 0 Å². The van der Waals surface area contributed by atoms with Crippen molar-refractivity contribution < 1.29 is 1.43 Å². The lowest BCUT2D eigenvalue weighted by atomic mass is 10.6. The van der Waals surface area contributed by atoms with Gasteiger partial charge in [0.25, 0.3) is 0 Å². The molecule has 0 atom stereocenters. The quantitative estimate of drug-likeness (QED) is 0.592. The number of nitrogens with one attached hydrogen (secondary N) is 1. The first-order chi connectivity index (χ1) is 4.70. The summed E-state index contributed by atoms with van der Waals surface area (Å²) in [5.74, 6) is 0.984. The van der Waals surface area contributed by atoms with Crippen molar-refractivity contribution in [3.05, 3.63) is 17.7 Å². The zero-order valence-electron chi connectivity index (χ0n) is 7.23. The zero-order valence-corrected chi connectivity index (χ0v) is 7.23. The fourth-order valence-corrected chi connectivity index (χ4v) is 0.544. The number of aromatic nitrogens is 2. The van der Waals surface area contributed by atoms with E-state index in [1.54, 1.807) is 0 Å². The van der Waals surface area contributed by atoms with E-state index in [4.69, 9.17) is 0 Å². The molecule has 1 rings (SSSR count). The van der Waals surface area contributed by atoms with E-state index in [1.807, 2.05) is 20.0 Å². The third-order valence-corrected chi connectivity index (χ3v) is 0.830. The van der Waals surface area contributed by atoms with Gasteiger partial charge in [-0.15, -0.1) is 0 Å². The van der Waals surface area contributed by atoms with Gasteiger partial charge in [0.05, 0.1) is 0 Å². The van der Waals surface area contributed by atoms with E-state index in [-0.39, 0.29) is 1.43 Å². The first-order valence-electron chi connectivity index (χ1n) is 3.68. The molecule has 1 aromatic rings. The van der Waals surface area contributed by atoms with Gasteiger partial charge >= 0.3 is 0 Å². The van der Waals surface area contributed by atoms with Crippen LogP contribution in [0.3, 0.4) is 0 Å². The van der Waals surface area contributed by atoms with E-state index in [0.717, 1.165) is 11.5 Å². The summed E-state index contributed by atoms with van der Waals surface area (Å²) in [6.45, 7) is 8.17. The third kappa shape index (κ3) is 4.13. The molecule has 2 heteroatoms. The summed E-state index contributed by atoms with van der Waals surface area (Å²) in [5.41, 5.74) is 1.12. The molecule has 0 aliphatic heterocycles. The molecular formula is C8H18N2. The van der Waals surface area contributed by atoms with Crippen LogP contribution < -0.4 is 0 Å². The minimum absolute atomic E-state index is 0. The molecule has 1 aromatic heterocycles. The largest absolute Gasteiger partial charge is 0.346 e. The van der Waals surface area contributed by atoms with Gasteiger partial charge in [-0.25, -0.2) is 4.98 Å². The second-order valence-corrected chi connectivity index (χ2v) is 2.36. The lowest BCUT2D eigenvalue weighted by Gasteiger charge is -1.74. The fourth-order valence-electron chi connectivity index (χ4n) is 0.544. The Morgan fingerprint density at radius 2 is 2.00 bits per heavy atom. The van der Waals surface area contributed by atoms with Crippen LogP contribution in [0.1, 0.15) is 33.2 Å². The minimum atomic E-state index is 0. The van der Waals surface area contributed by atoms with Crippen LogP contribution in [0.15, 0.2) is 6.20 Å². The van der Waals surface area contributed by atoms with Crippen molar-refractivity contribution in [3.63, 3.8) is 0 Å². The fraction of sp³-hybridized carbons (Fsp3) is 0.625. The molecule has 0 saturated heterocycles. The molecule has 0 aliphatic rings. The number of nitrogens with zero attached hydrogens (tertiary/aromatic N) is 1. The lowest BCUT2D eigenvalue weighted by Crippen LogP contribution is -1.70. The highest BCUT2D eigenvalue weighted by Crippen LogP contribution is 1.89. The maximum absolute atomic E-state index is 3.96. The summed E-state index contributed by atoms with van der Waals surface area (Å²) in [6.07, 6.45) is 3.06. The van der Waals surface area contributed by atoms with Crippen molar-refractivity contribution in [1.82, 2.24) is 9.97 Å². The number of rotatable bonds is 0. The summed E-state index contributed by atoms with van der Waals surface area (Å²) in [7, 11) is 0. The molecule has 0 saturated carbocycles. The Bertz CT molecular complexity index is 156. The molecule has 10 heavy (non-hydrogen) atoms. The normalized spacial score (nSPS) is 8.40. The van der Waals surface area contributed by atoms with Crippen LogP contribution in [0, 0.1) is 13.8 Å². The van der Waals surface area contributed by atoms with E-state index in [1.165, 1.54) is 6.42 Å². The maximum atomic E-state index is 3.96. The molecule has 0 radical (unpaired) electrons. The van der Waals surface area contributed by atoms with E-state index in [0.29, 0.717) is 0 Å². The van der Waals surface area contributed by atoms with Crippen LogP contribution in [-0.2, 0) is 0 Å². The van der Waals surface area contributed by atoms with Crippen LogP contribution in [-0.4, -0.2) is 9.97 Å². The minimum Gasteiger partial charge on any atom is -0.346 e. The van der Waals surface area contributed by atoms with Crippen molar-refractivity contribution in [3.8, 4) is 0 Å². The first kappa shape index (κ1) is 9.21. The molecule has 0 aliphatic carbocycles. The lowest BCUT2D eigenvalue weighted by molar-refractivity contribution is 1.09. The second kappa shape index (κ2) is 5.03. The highest BCUT2D eigenvalue weighted by atomic mass is 14.9. The number of imidazole rings is 1. The zero-order chi connectivity index (χ0) is 7.98. The number of H-pyrrole nitrogens is 1. The van der Waals surface area contributed by atoms with Crippen molar-refractivity contribution in [2.45, 2.75) is 34.1 Å². The van der Waals surface area contributed by atoms with E-state index >= 15 is 0 Å². The van der Waals surface area contributed by atoms with Crippen LogP contribution >= 0.6 is 0 Å². The topological polar surface area (TPSA) is 28.7 Å². The molecule has 60 valence electrons. The molecule has 1 N–H and O–H groups in total. The predicted octanol–water partition coefficient (Wildman–Crippen LogP) is 2.69. The Labute approximate surface area is 64.2 Å². The number of aromatic amines is 1. The first-order valence-corrected chi connectivity index (χ1v) is 3.68. The van der Waals surface area contributed by atoms with Crippen LogP contribution in [0.5, 0.6) is 0 Å². The molecule has 0 bridgehead atoms. The van der Waals surface area contributed by atoms with Crippen LogP contribution in [0.25, 0.3) is 0 Å². The number of aryl methyl sites for hydroxylation is 2. The maximum Gasteiger partial charge on any atom is 0.103 e. The standard InChI is InChI=1S/C5H8N2.C3H8.H2/c1-4-3-6-5(2)7-4;1-3-2;/h3H,1-2H3,(H,6,7);3H2,1-2H3;1H. The predicted molar refractivity (Wildman–Crippen MR) is 46.1 cm³/mol. The smallest absolute Gasteiger partial charge is 0.103 e. The average Bonchev–Trinajstić information content (AvgIpc) is 2.17. The highest BCUT2D eigenvalue weighted by Gasteiger charge is 1.83. The van der Waals surface area contributed by atoms with Gasteiger partial charge in [0, 0.05) is 13.3 Å². The van der Waals surface area contributed by atoms with Gasteiger partial charge in [-0.1, -0.05) is 20.3 Å². The van der Waals surface area contributed by atoms with Crippen molar-refractivity contribution in [1.29, 1.82) is 0 Å². The van der Waals surface area contributed by atoms with Crippen molar-refractivity contribution in [2.75, 3.05) is 0 Å². The Morgan fingerprint density at radius 3 is 2.10 bits per heavy atom. The number of hydrogen-bond acceptors (Lipinski definition) is 1. The summed E-state index contributed by atoms with van der Waals surface area (Å²) in [5, 5.41) is 0. The molecule has 0 spiro atoms. The van der Waals surface area contributed by atoms with E-state index in [2.05, 4.69) is 23.8 Å². The SMILES string of the molecule is CCC.Cc1cnc(C)[nH]1.[HH]. The van der Waals surface area contributed by atoms with Gasteiger partial charge in [-0.3, -0.25) is 0 Å². The van der Waals surface area contributed by atoms with Gasteiger partial charge < -0.3 is 4.98 Å². The summed E-state index contributed by atoms with van der Waals surface area (Å²) in [6, 6.07) is 0. The molecular weight excluding hydrogens is 124 g/mol. The molecule has 0 amide bonds. The van der Waals surface area contributed by atoms with E-state index in [9.17, 15) is 0 Å². The summed E-state index contributed by atoms with van der Waals surface area (Å²) < 4.78 is 0. The third-order valence-electron chi connectivity index (χ3n) is 0.830. The second-order valence-electron chi connectivity index (χ2n) is 2.36. The average molecular weight is 142 g/mol. The van der Waals surface area contributed by atoms with E-state index < -0.39 is 0 Å². The highest BCUT2D eigenvalue weighted by molar-refractivity contribution is 4.95. The Balaban J connectivity index is 0. The molecule has 0 fully saturated rings. The Kier molecular flexibility index (Phi) is 4.63. The van der Waals surface area contributed by atoms with Gasteiger partial charge in [0.2, 0.25) is 0 Å². The molecule has 0 aromatic carbocycles. The Morgan fingerprint density at radius 1 is 1.50 bits per heavy atom. The van der Waals surface area contributed by atoms with Crippen molar-refractivity contribution in [2.24, 2.45) is 0 Å². The van der Waals surface area contributed by atoms with Gasteiger partial charge in [-0.2, -0.15) is 0 Å². The monoisotopic (exact) mass is 142 g/mol. The number of hydrogen-bond donors (Lipinski definition) is 1. The summed E-state index contributed by atoms with van der Waals surface area (Å²) >= 11 is 0. The van der Waals surface area contributed by atoms with Gasteiger partial charge in [0.1, 0.15) is 5.82 Å². The molecule has 2 nitrogen and oxygen atoms in total. The van der Waals surface area contributed by atoms with Gasteiger partial charge in [-0.05, 0) is 13.8 Å². The Hall–Kier alpha value is -0.790. The molecule has 1 heterocycles.